The monoisotopic (exact) mass is 302 g/mol. The average molecular weight is 302 g/mol. The van der Waals surface area contributed by atoms with Crippen LogP contribution in [0.2, 0.25) is 0 Å². The SMILES string of the molecule is CCCNC(CC(C)CCC)c1ccc(C(F)(F)F)cn1. The lowest BCUT2D eigenvalue weighted by molar-refractivity contribution is -0.137. The third-order valence-electron chi connectivity index (χ3n) is 3.53. The Morgan fingerprint density at radius 3 is 2.38 bits per heavy atom. The Hall–Kier alpha value is -1.10. The van der Waals surface area contributed by atoms with E-state index in [-0.39, 0.29) is 6.04 Å². The van der Waals surface area contributed by atoms with Crippen LogP contribution < -0.4 is 5.32 Å². The van der Waals surface area contributed by atoms with Crippen molar-refractivity contribution in [2.24, 2.45) is 5.92 Å². The van der Waals surface area contributed by atoms with E-state index < -0.39 is 11.7 Å². The summed E-state index contributed by atoms with van der Waals surface area (Å²) in [6.07, 6.45) is 0.715. The summed E-state index contributed by atoms with van der Waals surface area (Å²) in [4.78, 5) is 4.03. The van der Waals surface area contributed by atoms with E-state index in [2.05, 4.69) is 31.1 Å². The maximum Gasteiger partial charge on any atom is 0.417 e. The van der Waals surface area contributed by atoms with Crippen LogP contribution in [0.5, 0.6) is 0 Å². The number of nitrogens with zero attached hydrogens (tertiary/aromatic N) is 1. The zero-order chi connectivity index (χ0) is 15.9. The van der Waals surface area contributed by atoms with E-state index in [0.29, 0.717) is 11.6 Å². The molecule has 0 aliphatic rings. The molecule has 1 aromatic heterocycles. The summed E-state index contributed by atoms with van der Waals surface area (Å²) in [7, 11) is 0. The van der Waals surface area contributed by atoms with Crippen LogP contribution in [0.15, 0.2) is 18.3 Å². The number of nitrogens with one attached hydrogen (secondary N) is 1. The van der Waals surface area contributed by atoms with E-state index in [0.717, 1.165) is 44.5 Å². The van der Waals surface area contributed by atoms with Gasteiger partial charge in [0.1, 0.15) is 0 Å². The maximum atomic E-state index is 12.6. The highest BCUT2D eigenvalue weighted by atomic mass is 19.4. The molecule has 0 saturated carbocycles. The molecule has 0 aliphatic heterocycles. The molecule has 0 radical (unpaired) electrons. The summed E-state index contributed by atoms with van der Waals surface area (Å²) < 4.78 is 37.7. The summed E-state index contributed by atoms with van der Waals surface area (Å²) in [5.41, 5.74) is 0.00139. The number of alkyl halides is 3. The van der Waals surface area contributed by atoms with Gasteiger partial charge in [-0.2, -0.15) is 13.2 Å². The minimum atomic E-state index is -4.33. The summed E-state index contributed by atoms with van der Waals surface area (Å²) in [5, 5.41) is 3.39. The molecule has 1 rings (SSSR count). The Labute approximate surface area is 125 Å². The van der Waals surface area contributed by atoms with Gasteiger partial charge >= 0.3 is 6.18 Å². The van der Waals surface area contributed by atoms with Crippen LogP contribution in [0.3, 0.4) is 0 Å². The molecule has 0 aromatic carbocycles. The molecule has 21 heavy (non-hydrogen) atoms. The first kappa shape index (κ1) is 18.0. The minimum Gasteiger partial charge on any atom is -0.309 e. The van der Waals surface area contributed by atoms with Crippen LogP contribution in [0.25, 0.3) is 0 Å². The van der Waals surface area contributed by atoms with Gasteiger partial charge in [0.05, 0.1) is 11.3 Å². The molecule has 2 atom stereocenters. The van der Waals surface area contributed by atoms with Crippen LogP contribution in [0, 0.1) is 5.92 Å². The zero-order valence-electron chi connectivity index (χ0n) is 13.0. The van der Waals surface area contributed by atoms with Crippen LogP contribution in [-0.2, 0) is 6.18 Å². The first-order chi connectivity index (χ1) is 9.88. The topological polar surface area (TPSA) is 24.9 Å². The van der Waals surface area contributed by atoms with Crippen molar-refractivity contribution in [3.63, 3.8) is 0 Å². The molecule has 0 fully saturated rings. The molecule has 2 nitrogen and oxygen atoms in total. The van der Waals surface area contributed by atoms with Crippen molar-refractivity contribution >= 4 is 0 Å². The summed E-state index contributed by atoms with van der Waals surface area (Å²) >= 11 is 0. The summed E-state index contributed by atoms with van der Waals surface area (Å²) in [6, 6.07) is 2.64. The Bertz CT molecular complexity index is 401. The van der Waals surface area contributed by atoms with Gasteiger partial charge < -0.3 is 5.32 Å². The quantitative estimate of drug-likeness (QED) is 0.733. The lowest BCUT2D eigenvalue weighted by Gasteiger charge is -2.22. The van der Waals surface area contributed by atoms with Gasteiger partial charge in [0, 0.05) is 12.2 Å². The third-order valence-corrected chi connectivity index (χ3v) is 3.53. The zero-order valence-corrected chi connectivity index (χ0v) is 13.0. The van der Waals surface area contributed by atoms with Crippen LogP contribution in [0.4, 0.5) is 13.2 Å². The Morgan fingerprint density at radius 2 is 1.90 bits per heavy atom. The molecule has 0 spiro atoms. The fraction of sp³-hybridized carbons (Fsp3) is 0.688. The Kier molecular flexibility index (Phi) is 7.15. The van der Waals surface area contributed by atoms with Crippen molar-refractivity contribution in [3.05, 3.63) is 29.6 Å². The lowest BCUT2D eigenvalue weighted by Crippen LogP contribution is -2.25. The first-order valence-corrected chi connectivity index (χ1v) is 7.65. The van der Waals surface area contributed by atoms with Crippen molar-refractivity contribution in [2.45, 2.75) is 58.7 Å². The van der Waals surface area contributed by atoms with E-state index >= 15 is 0 Å². The predicted molar refractivity (Wildman–Crippen MR) is 79.0 cm³/mol. The second-order valence-corrected chi connectivity index (χ2v) is 5.61. The van der Waals surface area contributed by atoms with Crippen molar-refractivity contribution in [1.29, 1.82) is 0 Å². The predicted octanol–water partition coefficient (Wildman–Crippen LogP) is 4.97. The van der Waals surface area contributed by atoms with E-state index in [4.69, 9.17) is 0 Å². The second-order valence-electron chi connectivity index (χ2n) is 5.61. The molecule has 5 heteroatoms. The standard InChI is InChI=1S/C16H25F3N2/c1-4-6-12(3)10-15(20-9-5-2)14-8-7-13(11-21-14)16(17,18)19/h7-8,11-12,15,20H,4-6,9-10H2,1-3H3. The largest absolute Gasteiger partial charge is 0.417 e. The van der Waals surface area contributed by atoms with Crippen molar-refractivity contribution in [3.8, 4) is 0 Å². The second kappa shape index (κ2) is 8.37. The van der Waals surface area contributed by atoms with Gasteiger partial charge in [-0.05, 0) is 37.4 Å². The number of hydrogen-bond donors (Lipinski definition) is 1. The van der Waals surface area contributed by atoms with E-state index in [9.17, 15) is 13.2 Å². The van der Waals surface area contributed by atoms with Crippen molar-refractivity contribution in [2.75, 3.05) is 6.54 Å². The van der Waals surface area contributed by atoms with Crippen LogP contribution >= 0.6 is 0 Å². The molecule has 0 amide bonds. The molecular weight excluding hydrogens is 277 g/mol. The average Bonchev–Trinajstić information content (AvgIpc) is 2.43. The van der Waals surface area contributed by atoms with Gasteiger partial charge in [0.2, 0.25) is 0 Å². The number of halogens is 3. The first-order valence-electron chi connectivity index (χ1n) is 7.65. The van der Waals surface area contributed by atoms with Gasteiger partial charge in [-0.25, -0.2) is 0 Å². The Morgan fingerprint density at radius 1 is 1.19 bits per heavy atom. The van der Waals surface area contributed by atoms with Crippen LogP contribution in [-0.4, -0.2) is 11.5 Å². The fourth-order valence-corrected chi connectivity index (χ4v) is 2.42. The van der Waals surface area contributed by atoms with E-state index in [1.54, 1.807) is 0 Å². The molecular formula is C16H25F3N2. The van der Waals surface area contributed by atoms with Gasteiger partial charge in [-0.3, -0.25) is 4.98 Å². The summed E-state index contributed by atoms with van der Waals surface area (Å²) in [5.74, 6) is 0.522. The van der Waals surface area contributed by atoms with E-state index in [1.807, 2.05) is 0 Å². The van der Waals surface area contributed by atoms with Gasteiger partial charge in [0.25, 0.3) is 0 Å². The Balaban J connectivity index is 2.82. The number of rotatable bonds is 8. The van der Waals surface area contributed by atoms with Gasteiger partial charge in [-0.15, -0.1) is 0 Å². The van der Waals surface area contributed by atoms with E-state index in [1.165, 1.54) is 6.07 Å². The van der Waals surface area contributed by atoms with Crippen molar-refractivity contribution in [1.82, 2.24) is 10.3 Å². The highest BCUT2D eigenvalue weighted by Crippen LogP contribution is 2.30. The lowest BCUT2D eigenvalue weighted by atomic mass is 9.95. The normalized spacial score (nSPS) is 15.0. The minimum absolute atomic E-state index is 0.0220. The number of aromatic nitrogens is 1. The maximum absolute atomic E-state index is 12.6. The molecule has 0 aliphatic carbocycles. The van der Waals surface area contributed by atoms with Gasteiger partial charge in [-0.1, -0.05) is 33.6 Å². The number of hydrogen-bond acceptors (Lipinski definition) is 2. The molecule has 0 saturated heterocycles. The molecule has 1 aromatic rings. The molecule has 0 bridgehead atoms. The summed E-state index contributed by atoms with van der Waals surface area (Å²) in [6.45, 7) is 7.22. The van der Waals surface area contributed by atoms with Gasteiger partial charge in [0.15, 0.2) is 0 Å². The fourth-order valence-electron chi connectivity index (χ4n) is 2.42. The highest BCUT2D eigenvalue weighted by Gasteiger charge is 2.31. The van der Waals surface area contributed by atoms with Crippen molar-refractivity contribution < 1.29 is 13.2 Å². The third kappa shape index (κ3) is 6.04. The highest BCUT2D eigenvalue weighted by molar-refractivity contribution is 5.19. The molecule has 120 valence electrons. The smallest absolute Gasteiger partial charge is 0.309 e. The number of pyridine rings is 1. The molecule has 1 heterocycles. The van der Waals surface area contributed by atoms with Crippen LogP contribution in [0.1, 0.15) is 63.8 Å². The molecule has 1 N–H and O–H groups in total. The molecule has 2 unspecified atom stereocenters.